The Morgan fingerprint density at radius 2 is 1.85 bits per heavy atom. The second kappa shape index (κ2) is 5.28. The van der Waals surface area contributed by atoms with Gasteiger partial charge in [0.05, 0.1) is 18.1 Å². The molecule has 0 radical (unpaired) electrons. The highest BCUT2D eigenvalue weighted by Crippen LogP contribution is 2.24. The van der Waals surface area contributed by atoms with E-state index >= 15 is 0 Å². The summed E-state index contributed by atoms with van der Waals surface area (Å²) in [7, 11) is -7.23. The molecule has 7 nitrogen and oxygen atoms in total. The number of sulfonamides is 1. The first-order chi connectivity index (χ1) is 9.18. The third-order valence-corrected chi connectivity index (χ3v) is 6.05. The van der Waals surface area contributed by atoms with Crippen molar-refractivity contribution in [1.29, 1.82) is 0 Å². The van der Waals surface area contributed by atoms with Crippen LogP contribution in [-0.4, -0.2) is 33.1 Å². The standard InChI is InChI=1S/C9H8ClN3O4S3/c1-19(14,15)7-3-2-6(4-11-7)13-20(16,17)8-5-12-9(10)18-8/h2-5,13H,1H3. The van der Waals surface area contributed by atoms with Crippen molar-refractivity contribution in [2.24, 2.45) is 0 Å². The van der Waals surface area contributed by atoms with Gasteiger partial charge in [-0.1, -0.05) is 22.9 Å². The first kappa shape index (κ1) is 15.2. The average Bonchev–Trinajstić information content (AvgIpc) is 2.76. The summed E-state index contributed by atoms with van der Waals surface area (Å²) >= 11 is 6.39. The van der Waals surface area contributed by atoms with Gasteiger partial charge in [0.1, 0.15) is 0 Å². The maximum atomic E-state index is 12.0. The fourth-order valence-electron chi connectivity index (χ4n) is 1.23. The summed E-state index contributed by atoms with van der Waals surface area (Å²) in [6.45, 7) is 0. The van der Waals surface area contributed by atoms with Crippen molar-refractivity contribution in [3.8, 4) is 0 Å². The monoisotopic (exact) mass is 353 g/mol. The molecule has 0 aliphatic carbocycles. The Morgan fingerprint density at radius 1 is 1.15 bits per heavy atom. The number of nitrogens with one attached hydrogen (secondary N) is 1. The van der Waals surface area contributed by atoms with Crippen LogP contribution in [0.1, 0.15) is 0 Å². The number of nitrogens with zero attached hydrogens (tertiary/aromatic N) is 2. The van der Waals surface area contributed by atoms with E-state index in [0.717, 1.165) is 30.0 Å². The summed E-state index contributed by atoms with van der Waals surface area (Å²) in [5.74, 6) is 0. The van der Waals surface area contributed by atoms with Gasteiger partial charge in [-0.05, 0) is 12.1 Å². The molecule has 0 amide bonds. The minimum Gasteiger partial charge on any atom is -0.277 e. The predicted octanol–water partition coefficient (Wildman–Crippen LogP) is 1.40. The van der Waals surface area contributed by atoms with Gasteiger partial charge in [0.25, 0.3) is 10.0 Å². The van der Waals surface area contributed by atoms with Crippen molar-refractivity contribution in [2.45, 2.75) is 9.24 Å². The molecule has 11 heteroatoms. The number of anilines is 1. The van der Waals surface area contributed by atoms with Gasteiger partial charge < -0.3 is 0 Å². The summed E-state index contributed by atoms with van der Waals surface area (Å²) in [6.07, 6.45) is 3.27. The summed E-state index contributed by atoms with van der Waals surface area (Å²) in [5, 5.41) is -0.138. The van der Waals surface area contributed by atoms with Crippen molar-refractivity contribution in [3.63, 3.8) is 0 Å². The summed E-state index contributed by atoms with van der Waals surface area (Å²) in [6, 6.07) is 2.52. The van der Waals surface area contributed by atoms with Crippen LogP contribution in [0.2, 0.25) is 4.47 Å². The van der Waals surface area contributed by atoms with Crippen LogP contribution >= 0.6 is 22.9 Å². The minimum absolute atomic E-state index is 0.0466. The fraction of sp³-hybridized carbons (Fsp3) is 0.111. The number of aromatic nitrogens is 2. The van der Waals surface area contributed by atoms with E-state index < -0.39 is 19.9 Å². The van der Waals surface area contributed by atoms with Crippen molar-refractivity contribution >= 4 is 48.5 Å². The predicted molar refractivity (Wildman–Crippen MR) is 75.3 cm³/mol. The largest absolute Gasteiger partial charge is 0.277 e. The summed E-state index contributed by atoms with van der Waals surface area (Å²) < 4.78 is 48.7. The Kier molecular flexibility index (Phi) is 4.00. The molecule has 0 spiro atoms. The molecule has 2 heterocycles. The zero-order chi connectivity index (χ0) is 15.0. The fourth-order valence-corrected chi connectivity index (χ4v) is 4.12. The quantitative estimate of drug-likeness (QED) is 0.890. The molecular weight excluding hydrogens is 346 g/mol. The van der Waals surface area contributed by atoms with Crippen LogP contribution in [0.4, 0.5) is 5.69 Å². The Balaban J connectivity index is 2.26. The molecule has 0 aliphatic heterocycles. The van der Waals surface area contributed by atoms with E-state index in [9.17, 15) is 16.8 Å². The lowest BCUT2D eigenvalue weighted by atomic mass is 10.4. The second-order valence-corrected chi connectivity index (χ2v) is 9.18. The molecule has 0 bridgehead atoms. The highest BCUT2D eigenvalue weighted by atomic mass is 35.5. The van der Waals surface area contributed by atoms with Crippen LogP contribution in [0.15, 0.2) is 33.8 Å². The van der Waals surface area contributed by atoms with Crippen LogP contribution in [0.25, 0.3) is 0 Å². The number of sulfone groups is 1. The van der Waals surface area contributed by atoms with Crippen LogP contribution in [0.5, 0.6) is 0 Å². The number of halogens is 1. The molecule has 0 aliphatic rings. The van der Waals surface area contributed by atoms with Crippen molar-refractivity contribution in [3.05, 3.63) is 29.0 Å². The molecular formula is C9H8ClN3O4S3. The van der Waals surface area contributed by atoms with Crippen LogP contribution in [0, 0.1) is 0 Å². The van der Waals surface area contributed by atoms with E-state index in [2.05, 4.69) is 14.7 Å². The molecule has 0 aromatic carbocycles. The van der Waals surface area contributed by atoms with Crippen LogP contribution in [0.3, 0.4) is 0 Å². The van der Waals surface area contributed by atoms with Gasteiger partial charge in [-0.2, -0.15) is 0 Å². The molecule has 2 aromatic rings. The molecule has 0 saturated heterocycles. The molecule has 0 unspecified atom stereocenters. The Hall–Kier alpha value is -1.23. The zero-order valence-corrected chi connectivity index (χ0v) is 13.1. The van der Waals surface area contributed by atoms with E-state index in [1.807, 2.05) is 0 Å². The lowest BCUT2D eigenvalue weighted by Gasteiger charge is -2.05. The third-order valence-electron chi connectivity index (χ3n) is 2.09. The van der Waals surface area contributed by atoms with Gasteiger partial charge >= 0.3 is 0 Å². The molecule has 2 rings (SSSR count). The van der Waals surface area contributed by atoms with E-state index in [1.165, 1.54) is 12.1 Å². The smallest absolute Gasteiger partial charge is 0.273 e. The SMILES string of the molecule is CS(=O)(=O)c1ccc(NS(=O)(=O)c2cnc(Cl)s2)cn1. The van der Waals surface area contributed by atoms with Gasteiger partial charge in [0.2, 0.25) is 0 Å². The summed E-state index contributed by atoms with van der Waals surface area (Å²) in [4.78, 5) is 7.32. The minimum atomic E-state index is -3.81. The Labute approximate surface area is 124 Å². The molecule has 20 heavy (non-hydrogen) atoms. The first-order valence-corrected chi connectivity index (χ1v) is 9.56. The summed E-state index contributed by atoms with van der Waals surface area (Å²) in [5.41, 5.74) is 0.141. The number of hydrogen-bond donors (Lipinski definition) is 1. The normalized spacial score (nSPS) is 12.3. The van der Waals surface area contributed by atoms with Gasteiger partial charge in [-0.15, -0.1) is 0 Å². The van der Waals surface area contributed by atoms with Crippen LogP contribution in [-0.2, 0) is 19.9 Å². The lowest BCUT2D eigenvalue weighted by molar-refractivity contribution is 0.598. The van der Waals surface area contributed by atoms with E-state index in [4.69, 9.17) is 11.6 Å². The Morgan fingerprint density at radius 3 is 2.30 bits per heavy atom. The maximum absolute atomic E-state index is 12.0. The van der Waals surface area contributed by atoms with Crippen molar-refractivity contribution in [2.75, 3.05) is 11.0 Å². The van der Waals surface area contributed by atoms with Gasteiger partial charge in [0, 0.05) is 6.26 Å². The Bertz CT molecular complexity index is 828. The molecule has 1 N–H and O–H groups in total. The first-order valence-electron chi connectivity index (χ1n) is 4.99. The molecule has 2 aromatic heterocycles. The number of thiazole rings is 1. The zero-order valence-electron chi connectivity index (χ0n) is 9.94. The lowest BCUT2D eigenvalue weighted by Crippen LogP contribution is -2.12. The third kappa shape index (κ3) is 3.45. The molecule has 0 fully saturated rings. The highest BCUT2D eigenvalue weighted by molar-refractivity contribution is 7.94. The van der Waals surface area contributed by atoms with E-state index in [0.29, 0.717) is 0 Å². The topological polar surface area (TPSA) is 106 Å². The van der Waals surface area contributed by atoms with Crippen molar-refractivity contribution < 1.29 is 16.8 Å². The number of hydrogen-bond acceptors (Lipinski definition) is 7. The molecule has 108 valence electrons. The van der Waals surface area contributed by atoms with Crippen molar-refractivity contribution in [1.82, 2.24) is 9.97 Å². The second-order valence-electron chi connectivity index (χ2n) is 3.70. The van der Waals surface area contributed by atoms with E-state index in [1.54, 1.807) is 0 Å². The number of pyridine rings is 1. The van der Waals surface area contributed by atoms with Crippen LogP contribution < -0.4 is 4.72 Å². The van der Waals surface area contributed by atoms with Gasteiger partial charge in [-0.25, -0.2) is 26.8 Å². The van der Waals surface area contributed by atoms with Gasteiger partial charge in [0.15, 0.2) is 23.5 Å². The number of rotatable bonds is 4. The maximum Gasteiger partial charge on any atom is 0.273 e. The molecule has 0 atom stereocenters. The highest BCUT2D eigenvalue weighted by Gasteiger charge is 2.18. The van der Waals surface area contributed by atoms with Gasteiger partial charge in [-0.3, -0.25) is 4.72 Å². The average molecular weight is 354 g/mol. The van der Waals surface area contributed by atoms with E-state index in [-0.39, 0.29) is 19.4 Å². The molecule has 0 saturated carbocycles.